The zero-order chi connectivity index (χ0) is 41.5. The first-order valence-electron chi connectivity index (χ1n) is 19.0. The van der Waals surface area contributed by atoms with Gasteiger partial charge in [-0.2, -0.15) is 0 Å². The summed E-state index contributed by atoms with van der Waals surface area (Å²) in [4.78, 5) is 26.0. The number of hydrogen-bond donors (Lipinski definition) is 2. The number of anilines is 1. The maximum Gasteiger partial charge on any atom is 0.411 e. The minimum atomic E-state index is -4.38. The van der Waals surface area contributed by atoms with Crippen molar-refractivity contribution in [2.24, 2.45) is 7.05 Å². The number of carbonyl (C=O) groups excluding carboxylic acids is 2. The van der Waals surface area contributed by atoms with Crippen LogP contribution in [0.2, 0.25) is 0 Å². The van der Waals surface area contributed by atoms with E-state index >= 15 is 0 Å². The van der Waals surface area contributed by atoms with Crippen molar-refractivity contribution >= 4 is 38.6 Å². The molecule has 1 fully saturated rings. The van der Waals surface area contributed by atoms with Gasteiger partial charge in [-0.1, -0.05) is 24.3 Å². The van der Waals surface area contributed by atoms with E-state index in [0.717, 1.165) is 18.2 Å². The zero-order valence-electron chi connectivity index (χ0n) is 35.7. The van der Waals surface area contributed by atoms with Crippen LogP contribution in [-0.4, -0.2) is 38.1 Å². The quantitative estimate of drug-likeness (QED) is 0.273. The van der Waals surface area contributed by atoms with Gasteiger partial charge in [-0.3, -0.25) is 10.1 Å². The molecule has 0 spiro atoms. The molecule has 0 saturated heterocycles. The lowest BCUT2D eigenvalue weighted by molar-refractivity contribution is 0.0980. The van der Waals surface area contributed by atoms with Crippen LogP contribution in [0.5, 0.6) is 5.75 Å². The van der Waals surface area contributed by atoms with Gasteiger partial charge >= 0.3 is 6.09 Å². The highest BCUT2D eigenvalue weighted by Crippen LogP contribution is 2.30. The Kier molecular flexibility index (Phi) is 4.44. The number of nitrogens with zero attached hydrogens (tertiary/aromatic N) is 1. The number of methoxy groups -OCH3 is 1. The Morgan fingerprint density at radius 2 is 1.90 bits per heavy atom. The van der Waals surface area contributed by atoms with Gasteiger partial charge in [-0.05, 0) is 85.5 Å². The molecule has 5 rings (SSSR count). The van der Waals surface area contributed by atoms with E-state index in [-0.39, 0.29) is 27.1 Å². The van der Waals surface area contributed by atoms with E-state index in [4.69, 9.17) is 28.7 Å². The third-order valence-electron chi connectivity index (χ3n) is 6.08. The number of carbonyl (C=O) groups is 2. The van der Waals surface area contributed by atoms with Crippen LogP contribution in [0.1, 0.15) is 71.7 Å². The molecule has 2 amide bonds. The summed E-state index contributed by atoms with van der Waals surface area (Å²) < 4.78 is 153. The minimum Gasteiger partial charge on any atom is -0.496 e. The first-order valence-corrected chi connectivity index (χ1v) is 13.5. The fourth-order valence-electron chi connectivity index (χ4n) is 4.15. The van der Waals surface area contributed by atoms with Gasteiger partial charge in [0.2, 0.25) is 0 Å². The van der Waals surface area contributed by atoms with E-state index in [1.54, 1.807) is 13.1 Å². The summed E-state index contributed by atoms with van der Waals surface area (Å²) in [5, 5.41) is 2.25. The molecule has 214 valence electrons. The molecule has 0 unspecified atom stereocenters. The van der Waals surface area contributed by atoms with Crippen LogP contribution in [0, 0.1) is 6.92 Å². The van der Waals surface area contributed by atoms with Crippen LogP contribution >= 0.6 is 0 Å². The third kappa shape index (κ3) is 6.22. The summed E-state index contributed by atoms with van der Waals surface area (Å²) in [6, 6.07) is 12.8. The van der Waals surface area contributed by atoms with Crippen molar-refractivity contribution in [2.75, 3.05) is 12.4 Å². The standard InChI is InChI=1S/C31H33N3O6S/c1-20-8-4-7-11-29(20)41(37,38)33-30(35)22-13-12-21(28(17-22)39-3)16-23-19-34(2)27-15-14-24(18-26(23)27)32-31(36)40-25-9-5-6-10-25/h4,7-8,11-15,17-19,25H,5-6,9-10,16H2,1-3H3,(H,32,36)(H,33,35)/i3D3,5D2,6D2,9D2,10D2,16D2,25D. The number of rotatable bonds is 8. The van der Waals surface area contributed by atoms with Gasteiger partial charge in [0.05, 0.1) is 17.4 Å². The van der Waals surface area contributed by atoms with Gasteiger partial charge in [0.1, 0.15) is 11.8 Å². The number of sulfonamides is 1. The van der Waals surface area contributed by atoms with E-state index in [9.17, 15) is 18.0 Å². The smallest absolute Gasteiger partial charge is 0.411 e. The Labute approximate surface area is 259 Å². The van der Waals surface area contributed by atoms with E-state index < -0.39 is 78.3 Å². The molecule has 9 nitrogen and oxygen atoms in total. The van der Waals surface area contributed by atoms with Gasteiger partial charge in [-0.25, -0.2) is 17.9 Å². The molecule has 41 heavy (non-hydrogen) atoms. The molecular weight excluding hydrogens is 542 g/mol. The number of benzene rings is 3. The van der Waals surface area contributed by atoms with E-state index in [1.165, 1.54) is 54.1 Å². The fraction of sp³-hybridized carbons (Fsp3) is 0.290. The first-order chi connectivity index (χ1) is 24.9. The molecule has 0 atom stereocenters. The van der Waals surface area contributed by atoms with Gasteiger partial charge < -0.3 is 14.0 Å². The molecular formula is C31H33N3O6S. The molecule has 2 N–H and O–H groups in total. The third-order valence-corrected chi connectivity index (χ3v) is 7.57. The largest absolute Gasteiger partial charge is 0.496 e. The second kappa shape index (κ2) is 11.7. The van der Waals surface area contributed by atoms with Crippen molar-refractivity contribution in [3.63, 3.8) is 0 Å². The minimum absolute atomic E-state index is 0.0936. The zero-order valence-corrected chi connectivity index (χ0v) is 22.5. The molecule has 10 heteroatoms. The lowest BCUT2D eigenvalue weighted by Gasteiger charge is -2.13. The number of hydrogen-bond acceptors (Lipinski definition) is 6. The Balaban J connectivity index is 1.50. The van der Waals surface area contributed by atoms with Crippen LogP contribution in [0.4, 0.5) is 10.5 Å². The molecule has 0 radical (unpaired) electrons. The van der Waals surface area contributed by atoms with Crippen LogP contribution in [0.25, 0.3) is 10.9 Å². The molecule has 0 aliphatic heterocycles. The molecule has 1 aliphatic carbocycles. The van der Waals surface area contributed by atoms with Gasteiger partial charge in [-0.15, -0.1) is 0 Å². The highest BCUT2D eigenvalue weighted by Gasteiger charge is 2.22. The van der Waals surface area contributed by atoms with Crippen LogP contribution in [0.3, 0.4) is 0 Å². The Morgan fingerprint density at radius 3 is 2.66 bits per heavy atom. The topological polar surface area (TPSA) is 116 Å². The summed E-state index contributed by atoms with van der Waals surface area (Å²) in [6.07, 6.45) is -21.3. The molecule has 3 aromatic carbocycles. The maximum atomic E-state index is 13.1. The number of fused-ring (bicyclic) bond motifs is 1. The van der Waals surface area contributed by atoms with E-state index in [0.29, 0.717) is 11.1 Å². The Hall–Kier alpha value is -4.31. The van der Waals surface area contributed by atoms with Crippen molar-refractivity contribution < 1.29 is 46.7 Å². The van der Waals surface area contributed by atoms with Crippen molar-refractivity contribution in [3.05, 3.63) is 89.1 Å². The van der Waals surface area contributed by atoms with E-state index in [2.05, 4.69) is 5.32 Å². The highest BCUT2D eigenvalue weighted by atomic mass is 32.2. The summed E-state index contributed by atoms with van der Waals surface area (Å²) in [5.74, 6) is -1.81. The van der Waals surface area contributed by atoms with Crippen molar-refractivity contribution in [2.45, 2.75) is 49.8 Å². The lowest BCUT2D eigenvalue weighted by atomic mass is 10.0. The molecule has 1 heterocycles. The van der Waals surface area contributed by atoms with E-state index in [1.807, 2.05) is 4.72 Å². The average Bonchev–Trinajstić information content (AvgIpc) is 3.40. The number of nitrogens with one attached hydrogen (secondary N) is 2. The molecule has 1 aliphatic rings. The summed E-state index contributed by atoms with van der Waals surface area (Å²) in [6.45, 7) is 1.52. The fourth-order valence-corrected chi connectivity index (χ4v) is 5.38. The van der Waals surface area contributed by atoms with Gasteiger partial charge in [0.25, 0.3) is 15.9 Å². The number of ether oxygens (including phenoxy) is 2. The first kappa shape index (κ1) is 15.6. The van der Waals surface area contributed by atoms with Crippen molar-refractivity contribution in [3.8, 4) is 5.75 Å². The monoisotopic (exact) mass is 589 g/mol. The second-order valence-corrected chi connectivity index (χ2v) is 10.5. The maximum absolute atomic E-state index is 13.1. The normalized spacial score (nSPS) is 25.1. The number of aromatic nitrogens is 1. The predicted molar refractivity (Wildman–Crippen MR) is 157 cm³/mol. The SMILES string of the molecule is [2H]C([2H])([2H])Oc1cc(C(=O)NS(=O)(=O)c2ccccc2C)ccc1C([2H])([2H])c1cn(C)c2ccc(NC(=O)OC3([2H])C([2H])([2H])C([2H])([2H])C([2H])([2H])C3([2H])[2H])cc12. The summed E-state index contributed by atoms with van der Waals surface area (Å²) in [7, 11) is -6.00. The number of amides is 2. The summed E-state index contributed by atoms with van der Waals surface area (Å²) >= 11 is 0. The molecule has 1 saturated carbocycles. The molecule has 1 aromatic heterocycles. The predicted octanol–water partition coefficient (Wildman–Crippen LogP) is 5.70. The highest BCUT2D eigenvalue weighted by molar-refractivity contribution is 7.90. The lowest BCUT2D eigenvalue weighted by Crippen LogP contribution is -2.31. The van der Waals surface area contributed by atoms with Gasteiger partial charge in [0, 0.05) is 55.5 Å². The number of aryl methyl sites for hydroxylation is 2. The molecule has 0 bridgehead atoms. The summed E-state index contributed by atoms with van der Waals surface area (Å²) in [5.41, 5.74) is -0.401. The van der Waals surface area contributed by atoms with Crippen molar-refractivity contribution in [1.82, 2.24) is 9.29 Å². The Morgan fingerprint density at radius 1 is 1.12 bits per heavy atom. The second-order valence-electron chi connectivity index (χ2n) is 8.87. The van der Waals surface area contributed by atoms with Gasteiger partial charge in [0.15, 0.2) is 0 Å². The average molecular weight is 590 g/mol. The van der Waals surface area contributed by atoms with Crippen LogP contribution in [-0.2, 0) is 28.2 Å². The molecule has 4 aromatic rings. The van der Waals surface area contributed by atoms with Crippen molar-refractivity contribution in [1.29, 1.82) is 0 Å². The van der Waals surface area contributed by atoms with Crippen LogP contribution < -0.4 is 14.8 Å². The Bertz CT molecular complexity index is 2300. The van der Waals surface area contributed by atoms with Crippen LogP contribution in [0.15, 0.2) is 71.8 Å².